The Kier molecular flexibility index (Phi) is 4.58. The first-order chi connectivity index (χ1) is 11.9. The van der Waals surface area contributed by atoms with E-state index >= 15 is 0 Å². The van der Waals surface area contributed by atoms with E-state index in [0.29, 0.717) is 19.4 Å². The van der Waals surface area contributed by atoms with E-state index in [1.165, 1.54) is 23.1 Å². The van der Waals surface area contributed by atoms with Crippen molar-refractivity contribution >= 4 is 21.6 Å². The van der Waals surface area contributed by atoms with E-state index in [1.54, 1.807) is 18.2 Å². The van der Waals surface area contributed by atoms with Crippen LogP contribution in [0, 0.1) is 10.1 Å². The van der Waals surface area contributed by atoms with Gasteiger partial charge in [0.15, 0.2) is 15.6 Å². The van der Waals surface area contributed by atoms with Crippen molar-refractivity contribution in [2.75, 3.05) is 12.3 Å². The molecule has 1 aliphatic heterocycles. The molecule has 1 aromatic heterocycles. The van der Waals surface area contributed by atoms with Gasteiger partial charge in [-0.25, -0.2) is 8.42 Å². The topological polar surface area (TPSA) is 111 Å². The third-order valence-corrected chi connectivity index (χ3v) is 5.95. The molecule has 0 N–H and O–H groups in total. The number of rotatable bonds is 5. The maximum atomic E-state index is 12.5. The molecule has 3 rings (SSSR count). The van der Waals surface area contributed by atoms with E-state index < -0.39 is 32.6 Å². The Labute approximate surface area is 144 Å². The molecule has 2 aromatic rings. The Bertz CT molecular complexity index is 890. The van der Waals surface area contributed by atoms with Gasteiger partial charge in [-0.15, -0.1) is 0 Å². The number of sulfone groups is 1. The number of carbonyl (C=O) groups is 1. The quantitative estimate of drug-likeness (QED) is 0.594. The normalized spacial score (nSPS) is 17.6. The second-order valence-corrected chi connectivity index (χ2v) is 7.82. The van der Waals surface area contributed by atoms with Crippen molar-refractivity contribution < 1.29 is 22.6 Å². The van der Waals surface area contributed by atoms with E-state index in [9.17, 15) is 23.3 Å². The van der Waals surface area contributed by atoms with Crippen molar-refractivity contribution in [1.82, 2.24) is 4.90 Å². The van der Waals surface area contributed by atoms with Crippen LogP contribution in [-0.2, 0) is 9.84 Å². The Morgan fingerprint density at radius 2 is 1.96 bits per heavy atom. The first kappa shape index (κ1) is 17.2. The van der Waals surface area contributed by atoms with Crippen molar-refractivity contribution in [2.24, 2.45) is 0 Å². The molecular weight excluding hydrogens is 348 g/mol. The van der Waals surface area contributed by atoms with Crippen molar-refractivity contribution in [1.29, 1.82) is 0 Å². The molecule has 2 heterocycles. The van der Waals surface area contributed by atoms with Gasteiger partial charge in [0.2, 0.25) is 0 Å². The van der Waals surface area contributed by atoms with Crippen LogP contribution < -0.4 is 0 Å². The molecular formula is C16H16N2O6S. The highest BCUT2D eigenvalue weighted by Crippen LogP contribution is 2.25. The third-order valence-electron chi connectivity index (χ3n) is 4.13. The molecule has 132 valence electrons. The lowest BCUT2D eigenvalue weighted by Gasteiger charge is -2.23. The Morgan fingerprint density at radius 1 is 1.24 bits per heavy atom. The second-order valence-electron chi connectivity index (χ2n) is 5.78. The molecule has 0 bridgehead atoms. The largest absolute Gasteiger partial charge is 0.433 e. The second kappa shape index (κ2) is 6.67. The fraction of sp³-hybridized carbons (Fsp3) is 0.312. The van der Waals surface area contributed by atoms with Crippen LogP contribution in [0.25, 0.3) is 0 Å². The van der Waals surface area contributed by atoms with E-state index in [2.05, 4.69) is 0 Å². The van der Waals surface area contributed by atoms with Crippen molar-refractivity contribution in [3.05, 3.63) is 58.3 Å². The third kappa shape index (κ3) is 3.55. The van der Waals surface area contributed by atoms with Crippen LogP contribution in [0.1, 0.15) is 23.4 Å². The van der Waals surface area contributed by atoms with Gasteiger partial charge in [0.1, 0.15) is 4.92 Å². The molecule has 0 spiro atoms. The lowest BCUT2D eigenvalue weighted by molar-refractivity contribution is -0.402. The maximum Gasteiger partial charge on any atom is 0.433 e. The summed E-state index contributed by atoms with van der Waals surface area (Å²) in [5, 5.41) is 10.7. The molecule has 1 fully saturated rings. The minimum absolute atomic E-state index is 0.157. The fourth-order valence-corrected chi connectivity index (χ4v) is 4.55. The molecule has 1 atom stereocenters. The number of nitrogens with zero attached hydrogens (tertiary/aromatic N) is 2. The fourth-order valence-electron chi connectivity index (χ4n) is 2.94. The molecule has 1 aromatic carbocycles. The molecule has 8 nitrogen and oxygen atoms in total. The number of likely N-dealkylation sites (tertiary alicyclic amines) is 1. The first-order valence-electron chi connectivity index (χ1n) is 7.71. The Balaban J connectivity index is 1.78. The monoisotopic (exact) mass is 364 g/mol. The number of furan rings is 1. The van der Waals surface area contributed by atoms with Crippen LogP contribution in [0.15, 0.2) is 51.8 Å². The van der Waals surface area contributed by atoms with E-state index in [1.807, 2.05) is 0 Å². The lowest BCUT2D eigenvalue weighted by Crippen LogP contribution is -2.39. The van der Waals surface area contributed by atoms with Gasteiger partial charge in [-0.2, -0.15) is 0 Å². The predicted octanol–water partition coefficient (Wildman–Crippen LogP) is 2.27. The van der Waals surface area contributed by atoms with Gasteiger partial charge < -0.3 is 9.32 Å². The van der Waals surface area contributed by atoms with Gasteiger partial charge in [0, 0.05) is 12.6 Å². The zero-order valence-electron chi connectivity index (χ0n) is 13.2. The van der Waals surface area contributed by atoms with E-state index in [4.69, 9.17) is 4.42 Å². The highest BCUT2D eigenvalue weighted by atomic mass is 32.2. The smallest absolute Gasteiger partial charge is 0.395 e. The molecule has 1 unspecified atom stereocenters. The summed E-state index contributed by atoms with van der Waals surface area (Å²) in [5.74, 6) is -1.39. The molecule has 1 saturated heterocycles. The SMILES string of the molecule is O=C(c1ccc([N+](=O)[O-])o1)N1CCCC1CS(=O)(=O)c1ccccc1. The summed E-state index contributed by atoms with van der Waals surface area (Å²) < 4.78 is 30.0. The van der Waals surface area contributed by atoms with Crippen LogP contribution in [0.4, 0.5) is 5.88 Å². The summed E-state index contributed by atoms with van der Waals surface area (Å²) >= 11 is 0. The van der Waals surface area contributed by atoms with Gasteiger partial charge in [0.05, 0.1) is 16.7 Å². The molecule has 1 aliphatic rings. The molecule has 0 radical (unpaired) electrons. The standard InChI is InChI=1S/C16H16N2O6S/c19-16(14-8-9-15(24-14)18(20)21)17-10-4-5-12(17)11-25(22,23)13-6-2-1-3-7-13/h1-3,6-9,12H,4-5,10-11H2. The average Bonchev–Trinajstić information content (AvgIpc) is 3.24. The summed E-state index contributed by atoms with van der Waals surface area (Å²) in [6.07, 6.45) is 1.23. The number of amides is 1. The van der Waals surface area contributed by atoms with Crippen LogP contribution in [0.3, 0.4) is 0 Å². The number of hydrogen-bond acceptors (Lipinski definition) is 6. The van der Waals surface area contributed by atoms with Crippen molar-refractivity contribution in [3.8, 4) is 0 Å². The van der Waals surface area contributed by atoms with Crippen molar-refractivity contribution in [2.45, 2.75) is 23.8 Å². The summed E-state index contributed by atoms with van der Waals surface area (Å²) in [6.45, 7) is 0.391. The Morgan fingerprint density at radius 3 is 2.60 bits per heavy atom. The maximum absolute atomic E-state index is 12.5. The minimum atomic E-state index is -3.53. The molecule has 25 heavy (non-hydrogen) atoms. The molecule has 0 aliphatic carbocycles. The summed E-state index contributed by atoms with van der Waals surface area (Å²) in [4.78, 5) is 24.1. The van der Waals surface area contributed by atoms with E-state index in [-0.39, 0.29) is 16.4 Å². The van der Waals surface area contributed by atoms with Gasteiger partial charge in [-0.05, 0) is 31.0 Å². The zero-order chi connectivity index (χ0) is 18.0. The first-order valence-corrected chi connectivity index (χ1v) is 9.37. The van der Waals surface area contributed by atoms with Gasteiger partial charge in [-0.3, -0.25) is 14.9 Å². The van der Waals surface area contributed by atoms with Crippen LogP contribution in [0.2, 0.25) is 0 Å². The Hall–Kier alpha value is -2.68. The molecule has 1 amide bonds. The highest BCUT2D eigenvalue weighted by molar-refractivity contribution is 7.91. The van der Waals surface area contributed by atoms with Crippen LogP contribution in [0.5, 0.6) is 0 Å². The van der Waals surface area contributed by atoms with Gasteiger partial charge in [0.25, 0.3) is 5.91 Å². The van der Waals surface area contributed by atoms with Gasteiger partial charge in [-0.1, -0.05) is 18.2 Å². The van der Waals surface area contributed by atoms with Crippen molar-refractivity contribution in [3.63, 3.8) is 0 Å². The highest BCUT2D eigenvalue weighted by Gasteiger charge is 2.35. The number of hydrogen-bond donors (Lipinski definition) is 0. The minimum Gasteiger partial charge on any atom is -0.395 e. The number of benzene rings is 1. The molecule has 9 heteroatoms. The average molecular weight is 364 g/mol. The zero-order valence-corrected chi connectivity index (χ0v) is 14.0. The summed E-state index contributed by atoms with van der Waals surface area (Å²) in [5.41, 5.74) is 0. The van der Waals surface area contributed by atoms with Crippen LogP contribution in [-0.4, -0.2) is 42.5 Å². The molecule has 0 saturated carbocycles. The predicted molar refractivity (Wildman–Crippen MR) is 87.9 cm³/mol. The van der Waals surface area contributed by atoms with Crippen LogP contribution >= 0.6 is 0 Å². The lowest BCUT2D eigenvalue weighted by atomic mass is 10.2. The number of carbonyl (C=O) groups excluding carboxylic acids is 1. The number of nitro groups is 1. The summed E-state index contributed by atoms with van der Waals surface area (Å²) in [6, 6.07) is 9.92. The van der Waals surface area contributed by atoms with Gasteiger partial charge >= 0.3 is 5.88 Å². The van der Waals surface area contributed by atoms with E-state index in [0.717, 1.165) is 6.07 Å². The summed E-state index contributed by atoms with van der Waals surface area (Å²) in [7, 11) is -3.53.